The van der Waals surface area contributed by atoms with Crippen molar-refractivity contribution in [2.45, 2.75) is 0 Å². The van der Waals surface area contributed by atoms with Gasteiger partial charge in [-0.1, -0.05) is 6.07 Å². The van der Waals surface area contributed by atoms with Crippen LogP contribution in [0.1, 0.15) is 0 Å². The first-order chi connectivity index (χ1) is 10.1. The van der Waals surface area contributed by atoms with Gasteiger partial charge in [-0.05, 0) is 28.1 Å². The van der Waals surface area contributed by atoms with Gasteiger partial charge in [0.05, 0.1) is 4.92 Å². The van der Waals surface area contributed by atoms with Crippen molar-refractivity contribution >= 4 is 33.1 Å². The molecule has 0 fully saturated rings. The molecule has 3 N–H and O–H groups in total. The summed E-state index contributed by atoms with van der Waals surface area (Å²) in [5.41, 5.74) is 5.90. The highest BCUT2D eigenvalue weighted by Gasteiger charge is 2.16. The van der Waals surface area contributed by atoms with Gasteiger partial charge in [-0.25, -0.2) is 4.98 Å². The van der Waals surface area contributed by atoms with E-state index in [1.807, 2.05) is 0 Å². The van der Waals surface area contributed by atoms with Crippen LogP contribution < -0.4 is 15.8 Å². The molecule has 1 heterocycles. The molecule has 0 unspecified atom stereocenters. The third-order valence-corrected chi connectivity index (χ3v) is 2.95. The average molecular weight is 353 g/mol. The summed E-state index contributed by atoms with van der Waals surface area (Å²) in [5, 5.41) is 14.0. The highest BCUT2D eigenvalue weighted by Crippen LogP contribution is 2.29. The Morgan fingerprint density at radius 3 is 2.95 bits per heavy atom. The summed E-state index contributed by atoms with van der Waals surface area (Å²) in [5.74, 6) is 0.796. The van der Waals surface area contributed by atoms with Gasteiger partial charge in [-0.3, -0.25) is 10.1 Å². The molecule has 0 aliphatic carbocycles. The lowest BCUT2D eigenvalue weighted by molar-refractivity contribution is -0.384. The topological polar surface area (TPSA) is 103 Å². The van der Waals surface area contributed by atoms with Crippen molar-refractivity contribution in [3.8, 4) is 5.75 Å². The molecule has 0 saturated carbocycles. The summed E-state index contributed by atoms with van der Waals surface area (Å²) >= 11 is 3.16. The van der Waals surface area contributed by atoms with Crippen molar-refractivity contribution in [1.29, 1.82) is 0 Å². The van der Waals surface area contributed by atoms with Gasteiger partial charge in [0.15, 0.2) is 0 Å². The van der Waals surface area contributed by atoms with Crippen molar-refractivity contribution < 1.29 is 9.66 Å². The van der Waals surface area contributed by atoms with E-state index in [2.05, 4.69) is 26.2 Å². The Balaban J connectivity index is 2.24. The van der Waals surface area contributed by atoms with Crippen LogP contribution in [0.4, 0.5) is 17.2 Å². The second-order valence-corrected chi connectivity index (χ2v) is 4.98. The Bertz CT molecular complexity index is 651. The van der Waals surface area contributed by atoms with Crippen LogP contribution in [0.25, 0.3) is 0 Å². The smallest absolute Gasteiger partial charge is 0.312 e. The maximum Gasteiger partial charge on any atom is 0.312 e. The lowest BCUT2D eigenvalue weighted by Crippen LogP contribution is -2.10. The number of anilines is 2. The number of nitrogens with one attached hydrogen (secondary N) is 1. The fraction of sp³-hybridized carbons (Fsp3) is 0.154. The number of pyridine rings is 1. The summed E-state index contributed by atoms with van der Waals surface area (Å²) in [6.07, 6.45) is 1.49. The summed E-state index contributed by atoms with van der Waals surface area (Å²) in [6.45, 7) is 0.817. The van der Waals surface area contributed by atoms with Crippen LogP contribution >= 0.6 is 15.9 Å². The highest BCUT2D eigenvalue weighted by atomic mass is 79.9. The summed E-state index contributed by atoms with van der Waals surface area (Å²) in [6, 6.07) is 8.44. The molecule has 2 aromatic rings. The Morgan fingerprint density at radius 1 is 1.43 bits per heavy atom. The molecule has 1 aromatic heterocycles. The summed E-state index contributed by atoms with van der Waals surface area (Å²) in [4.78, 5) is 14.6. The van der Waals surface area contributed by atoms with Crippen molar-refractivity contribution in [2.75, 3.05) is 18.5 Å². The van der Waals surface area contributed by atoms with E-state index in [1.54, 1.807) is 24.3 Å². The molecule has 0 saturated heterocycles. The van der Waals surface area contributed by atoms with E-state index in [4.69, 9.17) is 10.5 Å². The SMILES string of the molecule is NCCOc1cccc(Nc2ncc(Br)cc2[N+](=O)[O-])c1. The van der Waals surface area contributed by atoms with Crippen molar-refractivity contribution in [3.05, 3.63) is 51.1 Å². The minimum absolute atomic E-state index is 0.113. The van der Waals surface area contributed by atoms with Gasteiger partial charge in [0.25, 0.3) is 0 Å². The normalized spacial score (nSPS) is 10.2. The van der Waals surface area contributed by atoms with Gasteiger partial charge in [0, 0.05) is 35.0 Å². The molecule has 1 aromatic carbocycles. The molecule has 0 bridgehead atoms. The molecule has 2 rings (SSSR count). The van der Waals surface area contributed by atoms with E-state index in [0.29, 0.717) is 29.1 Å². The maximum atomic E-state index is 11.0. The van der Waals surface area contributed by atoms with Crippen LogP contribution in [0, 0.1) is 10.1 Å². The number of aromatic nitrogens is 1. The predicted octanol–water partition coefficient (Wildman–Crippen LogP) is 2.83. The van der Waals surface area contributed by atoms with Gasteiger partial charge in [-0.2, -0.15) is 0 Å². The lowest BCUT2D eigenvalue weighted by atomic mass is 10.3. The lowest BCUT2D eigenvalue weighted by Gasteiger charge is -2.09. The molecule has 8 heteroatoms. The van der Waals surface area contributed by atoms with Crippen molar-refractivity contribution in [3.63, 3.8) is 0 Å². The molecule has 0 aliphatic heterocycles. The zero-order valence-corrected chi connectivity index (χ0v) is 12.5. The van der Waals surface area contributed by atoms with Gasteiger partial charge >= 0.3 is 5.69 Å². The highest BCUT2D eigenvalue weighted by molar-refractivity contribution is 9.10. The van der Waals surface area contributed by atoms with Crippen molar-refractivity contribution in [2.24, 2.45) is 5.73 Å². The number of nitrogens with zero attached hydrogens (tertiary/aromatic N) is 2. The monoisotopic (exact) mass is 352 g/mol. The number of ether oxygens (including phenoxy) is 1. The van der Waals surface area contributed by atoms with E-state index >= 15 is 0 Å². The molecule has 110 valence electrons. The summed E-state index contributed by atoms with van der Waals surface area (Å²) in [7, 11) is 0. The molecule has 0 radical (unpaired) electrons. The first kappa shape index (κ1) is 15.2. The average Bonchev–Trinajstić information content (AvgIpc) is 2.47. The Labute approximate surface area is 129 Å². The van der Waals surface area contributed by atoms with E-state index in [1.165, 1.54) is 12.3 Å². The number of nitro groups is 1. The predicted molar refractivity (Wildman–Crippen MR) is 82.9 cm³/mol. The molecule has 21 heavy (non-hydrogen) atoms. The fourth-order valence-corrected chi connectivity index (χ4v) is 1.96. The molecule has 7 nitrogen and oxygen atoms in total. The Morgan fingerprint density at radius 2 is 2.24 bits per heavy atom. The van der Waals surface area contributed by atoms with Gasteiger partial charge in [-0.15, -0.1) is 0 Å². The van der Waals surface area contributed by atoms with Crippen LogP contribution in [-0.2, 0) is 0 Å². The van der Waals surface area contributed by atoms with Crippen LogP contribution in [0.2, 0.25) is 0 Å². The number of nitrogens with two attached hydrogens (primary N) is 1. The number of halogens is 1. The number of hydrogen-bond donors (Lipinski definition) is 2. The minimum atomic E-state index is -0.491. The molecule has 0 aliphatic rings. The van der Waals surface area contributed by atoms with E-state index in [9.17, 15) is 10.1 Å². The number of benzene rings is 1. The number of rotatable bonds is 6. The van der Waals surface area contributed by atoms with Gasteiger partial charge < -0.3 is 15.8 Å². The standard InChI is InChI=1S/C13H13BrN4O3/c14-9-6-12(18(19)20)13(16-8-9)17-10-2-1-3-11(7-10)21-5-4-15/h1-3,6-8H,4-5,15H2,(H,16,17). The molecule has 0 spiro atoms. The Hall–Kier alpha value is -2.19. The zero-order chi connectivity index (χ0) is 15.2. The largest absolute Gasteiger partial charge is 0.492 e. The molecule has 0 amide bonds. The molecular formula is C13H13BrN4O3. The third kappa shape index (κ3) is 4.14. The van der Waals surface area contributed by atoms with Crippen LogP contribution in [-0.4, -0.2) is 23.1 Å². The van der Waals surface area contributed by atoms with E-state index in [-0.39, 0.29) is 11.5 Å². The zero-order valence-electron chi connectivity index (χ0n) is 11.0. The van der Waals surface area contributed by atoms with Gasteiger partial charge in [0.1, 0.15) is 12.4 Å². The van der Waals surface area contributed by atoms with Gasteiger partial charge in [0.2, 0.25) is 5.82 Å². The van der Waals surface area contributed by atoms with Crippen LogP contribution in [0.15, 0.2) is 41.0 Å². The molecule has 0 atom stereocenters. The Kier molecular flexibility index (Phi) is 5.07. The second kappa shape index (κ2) is 7.00. The quantitative estimate of drug-likeness (QED) is 0.611. The number of hydrogen-bond acceptors (Lipinski definition) is 6. The van der Waals surface area contributed by atoms with Crippen LogP contribution in [0.3, 0.4) is 0 Å². The van der Waals surface area contributed by atoms with E-state index in [0.717, 1.165) is 0 Å². The van der Waals surface area contributed by atoms with E-state index < -0.39 is 4.92 Å². The second-order valence-electron chi connectivity index (χ2n) is 4.07. The fourth-order valence-electron chi connectivity index (χ4n) is 1.64. The summed E-state index contributed by atoms with van der Waals surface area (Å²) < 4.78 is 5.95. The molecular weight excluding hydrogens is 340 g/mol. The minimum Gasteiger partial charge on any atom is -0.492 e. The van der Waals surface area contributed by atoms with Crippen molar-refractivity contribution in [1.82, 2.24) is 4.98 Å². The maximum absolute atomic E-state index is 11.0. The van der Waals surface area contributed by atoms with Crippen LogP contribution in [0.5, 0.6) is 5.75 Å². The first-order valence-electron chi connectivity index (χ1n) is 6.10. The first-order valence-corrected chi connectivity index (χ1v) is 6.89. The third-order valence-electron chi connectivity index (χ3n) is 2.51.